The van der Waals surface area contributed by atoms with Gasteiger partial charge in [-0.15, -0.1) is 0 Å². The summed E-state index contributed by atoms with van der Waals surface area (Å²) in [7, 11) is 0. The second-order valence-corrected chi connectivity index (χ2v) is 18.1. The number of hydrogen-bond donors (Lipinski definition) is 0. The fraction of sp³-hybridized carbons (Fsp3) is 0.150. The number of allylic oxidation sites excluding steroid dienone is 2. The monoisotopic (exact) mass is 1170 g/mol. The van der Waals surface area contributed by atoms with E-state index in [1.165, 1.54) is 13.8 Å². The van der Waals surface area contributed by atoms with E-state index >= 15 is 0 Å². The summed E-state index contributed by atoms with van der Waals surface area (Å²) in [5.74, 6) is -0.246. The maximum absolute atomic E-state index is 13.9. The van der Waals surface area contributed by atoms with Crippen molar-refractivity contribution >= 4 is 23.9 Å². The molecule has 0 saturated carbocycles. The minimum absolute atomic E-state index is 0.183. The van der Waals surface area contributed by atoms with Crippen molar-refractivity contribution in [2.24, 2.45) is 0 Å². The summed E-state index contributed by atoms with van der Waals surface area (Å²) in [6, 6.07) is 28.6. The zero-order valence-electron chi connectivity index (χ0n) is 49.8. The summed E-state index contributed by atoms with van der Waals surface area (Å²) in [5.41, 5.74) is 86.7. The lowest BCUT2D eigenvalue weighted by Gasteiger charge is -2.31. The second kappa shape index (κ2) is 38.8. The number of benzene rings is 4. The van der Waals surface area contributed by atoms with Gasteiger partial charge in [-0.2, -0.15) is 0 Å². The molecule has 4 aromatic carbocycles. The van der Waals surface area contributed by atoms with Crippen molar-refractivity contribution in [1.82, 2.24) is 0 Å². The first kappa shape index (κ1) is 68.6. The zero-order chi connectivity index (χ0) is 65.1. The van der Waals surface area contributed by atoms with Crippen LogP contribution in [0.2, 0.25) is 0 Å². The van der Waals surface area contributed by atoms with E-state index in [0.717, 1.165) is 22.3 Å². The number of esters is 4. The molecule has 0 N–H and O–H groups in total. The lowest BCUT2D eigenvalue weighted by molar-refractivity contribution is -0.154. The summed E-state index contributed by atoms with van der Waals surface area (Å²) in [6.07, 6.45) is 0.0260. The van der Waals surface area contributed by atoms with Crippen molar-refractivity contribution in [1.29, 1.82) is 0 Å². The van der Waals surface area contributed by atoms with Crippen LogP contribution in [0.4, 0.5) is 0 Å². The number of ether oxygens (including phenoxy) is 6. The number of carbonyl (C=O) groups is 4. The van der Waals surface area contributed by atoms with Crippen LogP contribution in [0.3, 0.4) is 0 Å². The van der Waals surface area contributed by atoms with Gasteiger partial charge in [0.05, 0.1) is 11.5 Å². The summed E-state index contributed by atoms with van der Waals surface area (Å²) < 4.78 is 33.3. The number of rotatable bonds is 18. The number of hydrogen-bond acceptors (Lipinski definition) is 10. The SMILES string of the molecule is C=C=C=C=C=C=C=C=C=C=C=C=C=C=C=C=C=C=C=C=C=C=C=C=C=C=C=C=C=C=C=C=C=C=C=C(OC(=O)CCC(C)(c1ccc(OC(=C)C)cc1)c1ccc(OC(C)=O)cc1)OC(=O)CCC(C)(c1ccc(OC(=C)C)cc1)c1ccc(OC(C)=O)cc1. The molecular formula is C80H48O10. The highest BCUT2D eigenvalue weighted by Crippen LogP contribution is 2.40. The highest BCUT2D eigenvalue weighted by Gasteiger charge is 2.33. The topological polar surface area (TPSA) is 124 Å². The molecule has 0 spiro atoms. The van der Waals surface area contributed by atoms with Gasteiger partial charge in [0.1, 0.15) is 23.0 Å². The van der Waals surface area contributed by atoms with Crippen LogP contribution in [0.1, 0.15) is 89.5 Å². The predicted molar refractivity (Wildman–Crippen MR) is 331 cm³/mol. The summed E-state index contributed by atoms with van der Waals surface area (Å²) in [4.78, 5) is 51.2. The van der Waals surface area contributed by atoms with E-state index < -0.39 is 40.7 Å². The van der Waals surface area contributed by atoms with E-state index in [9.17, 15) is 19.2 Å². The molecule has 90 heavy (non-hydrogen) atoms. The standard InChI is InChI=1S/C80H48O10/c1-10-11-12-13-14-15-16-17-18-19-20-21-22-23-24-25-26-27-28-29-30-31-32-33-34-35-36-37-38-39-40-41-42-43-78(89-76(83)60-62-79(8,68-44-52-72(53-45-68)85-64(2)3)70-48-56-74(57-49-70)87-66(6)81)90-77(84)61-63-80(9,69-46-54-73(55-47-69)86-65(4)5)71-50-58-75(59-51-71)88-67(7)82/h44-59H,1-2,4,60-63H2,3,5-9H3. The summed E-state index contributed by atoms with van der Waals surface area (Å²) >= 11 is 0. The van der Waals surface area contributed by atoms with Crippen LogP contribution in [0.15, 0.2) is 329 Å². The van der Waals surface area contributed by atoms with E-state index in [1.807, 2.05) is 62.4 Å². The van der Waals surface area contributed by atoms with Gasteiger partial charge in [-0.05, 0) is 196 Å². The molecule has 4 rings (SSSR count). The van der Waals surface area contributed by atoms with Gasteiger partial charge in [0, 0.05) is 135 Å². The number of carbonyl (C=O) groups excluding carboxylic acids is 4. The quantitative estimate of drug-likeness (QED) is 0.0412. The minimum atomic E-state index is -0.818. The molecule has 0 fully saturated rings. The highest BCUT2D eigenvalue weighted by molar-refractivity contribution is 5.74. The molecule has 2 unspecified atom stereocenters. The van der Waals surface area contributed by atoms with Crippen LogP contribution < -0.4 is 18.9 Å². The van der Waals surface area contributed by atoms with Crippen LogP contribution >= 0.6 is 0 Å². The molecule has 10 nitrogen and oxygen atoms in total. The molecule has 0 radical (unpaired) electrons. The Morgan fingerprint density at radius 1 is 0.333 bits per heavy atom. The Bertz CT molecular complexity index is 4690. The van der Waals surface area contributed by atoms with Gasteiger partial charge in [-0.3, -0.25) is 19.2 Å². The average molecular weight is 1170 g/mol. The molecule has 2 atom stereocenters. The molecule has 0 saturated heterocycles. The minimum Gasteiger partial charge on any atom is -0.463 e. The van der Waals surface area contributed by atoms with E-state index in [2.05, 4.69) is 215 Å². The van der Waals surface area contributed by atoms with E-state index in [0.29, 0.717) is 34.5 Å². The maximum atomic E-state index is 13.9. The molecule has 10 heteroatoms. The Balaban J connectivity index is 1.72. The van der Waals surface area contributed by atoms with Gasteiger partial charge < -0.3 is 28.4 Å². The van der Waals surface area contributed by atoms with Crippen LogP contribution in [0, 0.1) is 0 Å². The lowest BCUT2D eigenvalue weighted by atomic mass is 9.73. The van der Waals surface area contributed by atoms with Gasteiger partial charge in [-0.1, -0.05) is 81.3 Å². The average Bonchev–Trinajstić information content (AvgIpc) is 0.845. The third-order valence-corrected chi connectivity index (χ3v) is 11.3. The van der Waals surface area contributed by atoms with Crippen molar-refractivity contribution in [3.05, 3.63) is 351 Å². The largest absolute Gasteiger partial charge is 0.463 e. The first-order chi connectivity index (χ1) is 43.5. The Morgan fingerprint density at radius 3 is 0.756 bits per heavy atom. The molecule has 0 bridgehead atoms. The van der Waals surface area contributed by atoms with Crippen molar-refractivity contribution in [2.45, 2.75) is 78.1 Å². The Morgan fingerprint density at radius 2 is 0.544 bits per heavy atom. The van der Waals surface area contributed by atoms with Crippen molar-refractivity contribution in [3.63, 3.8) is 0 Å². The fourth-order valence-corrected chi connectivity index (χ4v) is 7.36. The van der Waals surface area contributed by atoms with Crippen LogP contribution in [0.5, 0.6) is 23.0 Å². The Labute approximate surface area is 521 Å². The smallest absolute Gasteiger partial charge is 0.352 e. The first-order valence-electron chi connectivity index (χ1n) is 26.5. The predicted octanol–water partition coefficient (Wildman–Crippen LogP) is 15.1. The molecule has 0 aliphatic carbocycles. The van der Waals surface area contributed by atoms with E-state index in [4.69, 9.17) is 28.4 Å². The lowest BCUT2D eigenvalue weighted by Crippen LogP contribution is -2.26. The van der Waals surface area contributed by atoms with Gasteiger partial charge >= 0.3 is 29.8 Å². The zero-order valence-corrected chi connectivity index (χ0v) is 49.8. The van der Waals surface area contributed by atoms with Gasteiger partial charge in [0.2, 0.25) is 0 Å². The third kappa shape index (κ3) is 27.0. The highest BCUT2D eigenvalue weighted by atomic mass is 16.7. The Kier molecular flexibility index (Phi) is 29.6. The molecule has 0 aliphatic rings. The maximum Gasteiger partial charge on any atom is 0.352 e. The van der Waals surface area contributed by atoms with Crippen LogP contribution in [0.25, 0.3) is 0 Å². The van der Waals surface area contributed by atoms with Gasteiger partial charge in [0.25, 0.3) is 0 Å². The van der Waals surface area contributed by atoms with E-state index in [-0.39, 0.29) is 25.7 Å². The third-order valence-electron chi connectivity index (χ3n) is 11.3. The summed E-state index contributed by atoms with van der Waals surface area (Å²) in [6.45, 7) is 20.9. The molecule has 0 heterocycles. The first-order valence-corrected chi connectivity index (χ1v) is 26.5. The molecular weight excluding hydrogens is 1120 g/mol. The molecule has 0 aromatic heterocycles. The van der Waals surface area contributed by atoms with Crippen molar-refractivity contribution in [2.75, 3.05) is 0 Å². The normalized spacial score (nSPS) is 9.49. The van der Waals surface area contributed by atoms with Gasteiger partial charge in [0.15, 0.2) is 0 Å². The second-order valence-electron chi connectivity index (χ2n) is 18.1. The van der Waals surface area contributed by atoms with Crippen LogP contribution in [-0.2, 0) is 39.5 Å². The molecule has 0 amide bonds. The Hall–Kier alpha value is -13.9. The van der Waals surface area contributed by atoms with E-state index in [1.54, 1.807) is 62.4 Å². The van der Waals surface area contributed by atoms with Crippen molar-refractivity contribution in [3.8, 4) is 23.0 Å². The molecule has 428 valence electrons. The fourth-order valence-electron chi connectivity index (χ4n) is 7.36. The summed E-state index contributed by atoms with van der Waals surface area (Å²) in [5, 5.41) is 0. The van der Waals surface area contributed by atoms with Crippen molar-refractivity contribution < 1.29 is 47.6 Å². The molecule has 0 aliphatic heterocycles. The van der Waals surface area contributed by atoms with Gasteiger partial charge in [-0.25, -0.2) is 0 Å². The van der Waals surface area contributed by atoms with Crippen LogP contribution in [-0.4, -0.2) is 23.9 Å². The molecule has 4 aromatic rings.